The van der Waals surface area contributed by atoms with Crippen LogP contribution in [0, 0.1) is 5.95 Å². The second kappa shape index (κ2) is 3.73. The van der Waals surface area contributed by atoms with Crippen molar-refractivity contribution in [2.45, 2.75) is 12.6 Å². The third-order valence-electron chi connectivity index (χ3n) is 1.47. The van der Waals surface area contributed by atoms with Crippen LogP contribution in [0.4, 0.5) is 17.6 Å². The Bertz CT molecular complexity index is 347. The number of carbonyl (C=O) groups is 1. The topological polar surface area (TPSA) is 30.0 Å². The van der Waals surface area contributed by atoms with E-state index >= 15 is 0 Å². The van der Waals surface area contributed by atoms with Gasteiger partial charge in [-0.3, -0.25) is 4.79 Å². The Balaban J connectivity index is 2.75. The molecule has 0 aliphatic heterocycles. The molecule has 76 valence electrons. The molecule has 0 bridgehead atoms. The van der Waals surface area contributed by atoms with Crippen molar-refractivity contribution < 1.29 is 22.4 Å². The number of carbonyl (C=O) groups excluding carboxylic acids is 1. The van der Waals surface area contributed by atoms with Crippen LogP contribution in [0.15, 0.2) is 18.3 Å². The fraction of sp³-hybridized carbons (Fsp3) is 0.250. The average Bonchev–Trinajstić information content (AvgIpc) is 2.02. The molecule has 0 aliphatic carbocycles. The van der Waals surface area contributed by atoms with E-state index in [0.29, 0.717) is 0 Å². The van der Waals surface area contributed by atoms with E-state index in [1.807, 2.05) is 0 Å². The van der Waals surface area contributed by atoms with Crippen molar-refractivity contribution in [1.29, 1.82) is 0 Å². The number of Topliss-reactive ketones (excluding diaryl/α,β-unsaturated/α-hetero) is 1. The lowest BCUT2D eigenvalue weighted by Crippen LogP contribution is -2.24. The predicted octanol–water partition coefficient (Wildman–Crippen LogP) is 1.89. The molecule has 0 aliphatic rings. The zero-order valence-electron chi connectivity index (χ0n) is 6.81. The summed E-state index contributed by atoms with van der Waals surface area (Å²) in [6.07, 6.45) is -4.73. The van der Waals surface area contributed by atoms with Gasteiger partial charge in [0.05, 0.1) is 0 Å². The molecule has 14 heavy (non-hydrogen) atoms. The van der Waals surface area contributed by atoms with Crippen LogP contribution < -0.4 is 0 Å². The Morgan fingerprint density at radius 2 is 2.07 bits per heavy atom. The van der Waals surface area contributed by atoms with Gasteiger partial charge in [0.25, 0.3) is 0 Å². The number of pyridine rings is 1. The lowest BCUT2D eigenvalue weighted by atomic mass is 10.1. The van der Waals surface area contributed by atoms with E-state index in [4.69, 9.17) is 0 Å². The molecular formula is C8H5F4NO. The third kappa shape index (κ3) is 2.79. The first-order valence-electron chi connectivity index (χ1n) is 3.60. The van der Waals surface area contributed by atoms with Crippen LogP contribution in [0.25, 0.3) is 0 Å². The highest BCUT2D eigenvalue weighted by atomic mass is 19.4. The van der Waals surface area contributed by atoms with Crippen LogP contribution in [-0.2, 0) is 11.2 Å². The summed E-state index contributed by atoms with van der Waals surface area (Å²) in [5, 5.41) is 0. The van der Waals surface area contributed by atoms with Crippen LogP contribution in [0.5, 0.6) is 0 Å². The molecule has 0 amide bonds. The molecule has 0 radical (unpaired) electrons. The maximum Gasteiger partial charge on any atom is 0.450 e. The number of hydrogen-bond acceptors (Lipinski definition) is 2. The van der Waals surface area contributed by atoms with Gasteiger partial charge in [-0.15, -0.1) is 0 Å². The number of hydrogen-bond donors (Lipinski definition) is 0. The Morgan fingerprint density at radius 1 is 1.43 bits per heavy atom. The van der Waals surface area contributed by atoms with E-state index in [-0.39, 0.29) is 5.56 Å². The van der Waals surface area contributed by atoms with Crippen LogP contribution in [0.1, 0.15) is 5.56 Å². The number of aromatic nitrogens is 1. The van der Waals surface area contributed by atoms with E-state index in [2.05, 4.69) is 4.98 Å². The quantitative estimate of drug-likeness (QED) is 0.547. The van der Waals surface area contributed by atoms with Crippen molar-refractivity contribution in [3.05, 3.63) is 29.8 Å². The molecule has 0 aromatic carbocycles. The summed E-state index contributed by atoms with van der Waals surface area (Å²) in [5.74, 6) is -2.81. The van der Waals surface area contributed by atoms with Crippen LogP contribution in [0.2, 0.25) is 0 Å². The highest BCUT2D eigenvalue weighted by Crippen LogP contribution is 2.18. The number of halogens is 4. The third-order valence-corrected chi connectivity index (χ3v) is 1.47. The summed E-state index contributed by atoms with van der Waals surface area (Å²) in [4.78, 5) is 13.6. The molecule has 0 atom stereocenters. The Kier molecular flexibility index (Phi) is 2.83. The van der Waals surface area contributed by atoms with E-state index < -0.39 is 24.3 Å². The number of ketones is 1. The van der Waals surface area contributed by atoms with E-state index in [1.54, 1.807) is 0 Å². The van der Waals surface area contributed by atoms with Gasteiger partial charge < -0.3 is 0 Å². The number of alkyl halides is 3. The Morgan fingerprint density at radius 3 is 2.57 bits per heavy atom. The van der Waals surface area contributed by atoms with Gasteiger partial charge in [0.15, 0.2) is 0 Å². The monoisotopic (exact) mass is 207 g/mol. The summed E-state index contributed by atoms with van der Waals surface area (Å²) < 4.78 is 47.7. The molecule has 0 saturated carbocycles. The second-order valence-corrected chi connectivity index (χ2v) is 2.58. The van der Waals surface area contributed by atoms with Gasteiger partial charge in [0, 0.05) is 12.6 Å². The van der Waals surface area contributed by atoms with Crippen molar-refractivity contribution in [2.24, 2.45) is 0 Å². The molecule has 2 nitrogen and oxygen atoms in total. The van der Waals surface area contributed by atoms with Crippen molar-refractivity contribution >= 4 is 5.78 Å². The molecule has 0 fully saturated rings. The van der Waals surface area contributed by atoms with Crippen molar-refractivity contribution in [3.8, 4) is 0 Å². The zero-order chi connectivity index (χ0) is 10.8. The van der Waals surface area contributed by atoms with Gasteiger partial charge in [0.1, 0.15) is 0 Å². The first-order valence-corrected chi connectivity index (χ1v) is 3.60. The van der Waals surface area contributed by atoms with Gasteiger partial charge in [-0.25, -0.2) is 4.98 Å². The molecule has 1 aromatic heterocycles. The molecule has 1 heterocycles. The van der Waals surface area contributed by atoms with Gasteiger partial charge in [-0.1, -0.05) is 0 Å². The molecule has 0 N–H and O–H groups in total. The van der Waals surface area contributed by atoms with Crippen molar-refractivity contribution in [3.63, 3.8) is 0 Å². The number of nitrogens with zero attached hydrogens (tertiary/aromatic N) is 1. The van der Waals surface area contributed by atoms with Gasteiger partial charge in [-0.05, 0) is 17.7 Å². The second-order valence-electron chi connectivity index (χ2n) is 2.58. The van der Waals surface area contributed by atoms with Crippen LogP contribution in [-0.4, -0.2) is 16.9 Å². The van der Waals surface area contributed by atoms with Crippen LogP contribution >= 0.6 is 0 Å². The maximum atomic E-state index is 12.4. The number of rotatable bonds is 2. The Hall–Kier alpha value is -1.46. The van der Waals surface area contributed by atoms with Crippen molar-refractivity contribution in [2.75, 3.05) is 0 Å². The highest BCUT2D eigenvalue weighted by Gasteiger charge is 2.37. The highest BCUT2D eigenvalue weighted by molar-refractivity contribution is 5.86. The SMILES string of the molecule is O=C(Cc1ccnc(F)c1)C(F)(F)F. The molecular weight excluding hydrogens is 202 g/mol. The minimum atomic E-state index is -4.88. The average molecular weight is 207 g/mol. The van der Waals surface area contributed by atoms with Crippen molar-refractivity contribution in [1.82, 2.24) is 4.98 Å². The minimum absolute atomic E-state index is 0.0418. The molecule has 0 unspecified atom stereocenters. The predicted molar refractivity (Wildman–Crippen MR) is 39.0 cm³/mol. The van der Waals surface area contributed by atoms with E-state index in [9.17, 15) is 22.4 Å². The van der Waals surface area contributed by atoms with Gasteiger partial charge >= 0.3 is 6.18 Å². The smallest absolute Gasteiger partial charge is 0.289 e. The lowest BCUT2D eigenvalue weighted by Gasteiger charge is -2.04. The molecule has 6 heteroatoms. The largest absolute Gasteiger partial charge is 0.450 e. The van der Waals surface area contributed by atoms with E-state index in [0.717, 1.165) is 18.3 Å². The summed E-state index contributed by atoms with van der Waals surface area (Å²) in [6, 6.07) is 1.95. The summed E-state index contributed by atoms with van der Waals surface area (Å²) >= 11 is 0. The minimum Gasteiger partial charge on any atom is -0.289 e. The van der Waals surface area contributed by atoms with Gasteiger partial charge in [-0.2, -0.15) is 17.6 Å². The molecule has 0 spiro atoms. The summed E-state index contributed by atoms with van der Waals surface area (Å²) in [6.45, 7) is 0. The standard InChI is InChI=1S/C8H5F4NO/c9-7-4-5(1-2-13-7)3-6(14)8(10,11)12/h1-2,4H,3H2. The lowest BCUT2D eigenvalue weighted by molar-refractivity contribution is -0.170. The summed E-state index contributed by atoms with van der Waals surface area (Å²) in [7, 11) is 0. The Labute approximate surface area is 76.6 Å². The van der Waals surface area contributed by atoms with Gasteiger partial charge in [0.2, 0.25) is 11.7 Å². The molecule has 0 saturated heterocycles. The van der Waals surface area contributed by atoms with Crippen LogP contribution in [0.3, 0.4) is 0 Å². The fourth-order valence-corrected chi connectivity index (χ4v) is 0.838. The summed E-state index contributed by atoms with van der Waals surface area (Å²) in [5.41, 5.74) is -0.0418. The maximum absolute atomic E-state index is 12.4. The first-order chi connectivity index (χ1) is 6.39. The fourth-order valence-electron chi connectivity index (χ4n) is 0.838. The molecule has 1 rings (SSSR count). The molecule has 1 aromatic rings. The van der Waals surface area contributed by atoms with E-state index in [1.165, 1.54) is 0 Å². The normalized spacial score (nSPS) is 11.4. The zero-order valence-corrected chi connectivity index (χ0v) is 6.81. The first kappa shape index (κ1) is 10.6.